The summed E-state index contributed by atoms with van der Waals surface area (Å²) in [6.07, 6.45) is 2.61. The fraction of sp³-hybridized carbons (Fsp3) is 0.333. The zero-order chi connectivity index (χ0) is 6.69. The average Bonchev–Trinajstić information content (AvgIpc) is 1.88. The Morgan fingerprint density at radius 2 is 2.56 bits per heavy atom. The maximum atomic E-state index is 8.52. The first-order valence-corrected chi connectivity index (χ1v) is 2.64. The van der Waals surface area contributed by atoms with Crippen LogP contribution in [0.25, 0.3) is 0 Å². The van der Waals surface area contributed by atoms with Crippen LogP contribution in [0.3, 0.4) is 0 Å². The summed E-state index contributed by atoms with van der Waals surface area (Å²) >= 11 is 0. The average molecular weight is 123 g/mol. The zero-order valence-corrected chi connectivity index (χ0v) is 5.13. The molecule has 9 heavy (non-hydrogen) atoms. The van der Waals surface area contributed by atoms with E-state index in [0.29, 0.717) is 5.82 Å². The predicted molar refractivity (Wildman–Crippen MR) is 31.5 cm³/mol. The number of hydrogen-bond donors (Lipinski definition) is 1. The van der Waals surface area contributed by atoms with E-state index < -0.39 is 0 Å². The largest absolute Gasteiger partial charge is 0.388 e. The third kappa shape index (κ3) is 1.47. The van der Waals surface area contributed by atoms with E-state index in [4.69, 9.17) is 5.11 Å². The number of nitrogens with zero attached hydrogens (tertiary/aromatic N) is 2. The third-order valence-electron chi connectivity index (χ3n) is 0.914. The van der Waals surface area contributed by atoms with Gasteiger partial charge in [-0.1, -0.05) is 0 Å². The van der Waals surface area contributed by atoms with E-state index in [9.17, 15) is 0 Å². The quantitative estimate of drug-likeness (QED) is 0.575. The van der Waals surface area contributed by atoms with Crippen LogP contribution in [-0.4, -0.2) is 15.1 Å². The van der Waals surface area contributed by atoms with E-state index in [-0.39, 0.29) is 6.61 Å². The smallest absolute Gasteiger partial charge is 0.154 e. The number of aliphatic hydroxyl groups excluding tert-OH is 1. The molecule has 0 spiro atoms. The highest BCUT2D eigenvalue weighted by molar-refractivity contribution is 4.97. The molecule has 1 heterocycles. The standard InChI is InChI=1S/C6H7N2O/c1-5-2-3-7-6(4-9)8-5/h2,9H,4H2,1H3. The SMILES string of the molecule is Cc1c[c]nc(CO)n1. The van der Waals surface area contributed by atoms with Gasteiger partial charge in [0.05, 0.1) is 6.20 Å². The summed E-state index contributed by atoms with van der Waals surface area (Å²) in [6.45, 7) is 1.72. The lowest BCUT2D eigenvalue weighted by molar-refractivity contribution is 0.271. The van der Waals surface area contributed by atoms with Gasteiger partial charge in [0.2, 0.25) is 0 Å². The highest BCUT2D eigenvalue weighted by Crippen LogP contribution is 1.90. The molecule has 0 saturated heterocycles. The number of rotatable bonds is 1. The van der Waals surface area contributed by atoms with Gasteiger partial charge >= 0.3 is 0 Å². The summed E-state index contributed by atoms with van der Waals surface area (Å²) in [6, 6.07) is 1.67. The van der Waals surface area contributed by atoms with Crippen molar-refractivity contribution in [2.45, 2.75) is 13.5 Å². The topological polar surface area (TPSA) is 46.0 Å². The lowest BCUT2D eigenvalue weighted by Crippen LogP contribution is -1.94. The molecule has 1 N–H and O–H groups in total. The van der Waals surface area contributed by atoms with Crippen LogP contribution in [0, 0.1) is 13.1 Å². The Hall–Kier alpha value is -0.960. The molecule has 1 aromatic rings. The van der Waals surface area contributed by atoms with Crippen LogP contribution in [0.4, 0.5) is 0 Å². The van der Waals surface area contributed by atoms with E-state index in [1.807, 2.05) is 6.92 Å². The van der Waals surface area contributed by atoms with Crippen molar-refractivity contribution in [2.75, 3.05) is 0 Å². The van der Waals surface area contributed by atoms with Crippen LogP contribution in [0.5, 0.6) is 0 Å². The summed E-state index contributed by atoms with van der Waals surface area (Å²) in [5.41, 5.74) is 0.828. The van der Waals surface area contributed by atoms with Crippen LogP contribution in [0.15, 0.2) is 6.07 Å². The first-order valence-electron chi connectivity index (χ1n) is 2.64. The Labute approximate surface area is 53.4 Å². The summed E-state index contributed by atoms with van der Waals surface area (Å²) in [5, 5.41) is 8.52. The summed E-state index contributed by atoms with van der Waals surface area (Å²) in [5.74, 6) is 0.426. The molecule has 3 nitrogen and oxygen atoms in total. The van der Waals surface area contributed by atoms with Gasteiger partial charge in [-0.05, 0) is 13.0 Å². The normalized spacial score (nSPS) is 9.56. The summed E-state index contributed by atoms with van der Waals surface area (Å²) < 4.78 is 0. The van der Waals surface area contributed by atoms with Gasteiger partial charge in [0, 0.05) is 5.69 Å². The van der Waals surface area contributed by atoms with Crippen LogP contribution < -0.4 is 0 Å². The first-order chi connectivity index (χ1) is 4.33. The molecule has 0 fully saturated rings. The van der Waals surface area contributed by atoms with Crippen molar-refractivity contribution in [3.8, 4) is 0 Å². The van der Waals surface area contributed by atoms with Crippen molar-refractivity contribution in [3.63, 3.8) is 0 Å². The van der Waals surface area contributed by atoms with Crippen molar-refractivity contribution in [1.29, 1.82) is 0 Å². The molecule has 0 saturated carbocycles. The predicted octanol–water partition coefficient (Wildman–Crippen LogP) is 0.0775. The highest BCUT2D eigenvalue weighted by Gasteiger charge is 1.90. The Balaban J connectivity index is 2.94. The maximum Gasteiger partial charge on any atom is 0.154 e. The lowest BCUT2D eigenvalue weighted by Gasteiger charge is -1.92. The number of aromatic nitrogens is 2. The molecule has 0 amide bonds. The fourth-order valence-electron chi connectivity index (χ4n) is 0.532. The minimum atomic E-state index is -0.113. The monoisotopic (exact) mass is 123 g/mol. The molecule has 1 aromatic heterocycles. The summed E-state index contributed by atoms with van der Waals surface area (Å²) in [4.78, 5) is 7.57. The third-order valence-corrected chi connectivity index (χ3v) is 0.914. The van der Waals surface area contributed by atoms with Crippen LogP contribution in [0.2, 0.25) is 0 Å². The minimum Gasteiger partial charge on any atom is -0.388 e. The number of aryl methyl sites for hydroxylation is 1. The zero-order valence-electron chi connectivity index (χ0n) is 5.13. The molecule has 0 aromatic carbocycles. The van der Waals surface area contributed by atoms with E-state index in [0.717, 1.165) is 5.69 Å². The molecule has 3 heteroatoms. The van der Waals surface area contributed by atoms with Gasteiger partial charge in [0.25, 0.3) is 0 Å². The van der Waals surface area contributed by atoms with Crippen molar-refractivity contribution < 1.29 is 5.11 Å². The molecule has 0 bridgehead atoms. The second-order valence-electron chi connectivity index (χ2n) is 1.71. The molecule has 0 unspecified atom stereocenters. The van der Waals surface area contributed by atoms with E-state index >= 15 is 0 Å². The molecular weight excluding hydrogens is 116 g/mol. The molecule has 0 aliphatic rings. The van der Waals surface area contributed by atoms with Gasteiger partial charge in [0.15, 0.2) is 5.82 Å². The van der Waals surface area contributed by atoms with E-state index in [1.54, 1.807) is 6.07 Å². The molecule has 0 aliphatic carbocycles. The van der Waals surface area contributed by atoms with E-state index in [2.05, 4.69) is 16.2 Å². The molecule has 0 aliphatic heterocycles. The second-order valence-corrected chi connectivity index (χ2v) is 1.71. The minimum absolute atomic E-state index is 0.113. The Bertz CT molecular complexity index is 200. The van der Waals surface area contributed by atoms with Gasteiger partial charge in [-0.2, -0.15) is 0 Å². The fourth-order valence-corrected chi connectivity index (χ4v) is 0.532. The highest BCUT2D eigenvalue weighted by atomic mass is 16.3. The second kappa shape index (κ2) is 2.55. The van der Waals surface area contributed by atoms with Gasteiger partial charge < -0.3 is 5.11 Å². The van der Waals surface area contributed by atoms with Crippen molar-refractivity contribution in [3.05, 3.63) is 23.8 Å². The van der Waals surface area contributed by atoms with Crippen molar-refractivity contribution in [1.82, 2.24) is 9.97 Å². The number of hydrogen-bond acceptors (Lipinski definition) is 3. The van der Waals surface area contributed by atoms with Crippen LogP contribution >= 0.6 is 0 Å². The first kappa shape index (κ1) is 6.16. The van der Waals surface area contributed by atoms with Crippen molar-refractivity contribution >= 4 is 0 Å². The molecule has 1 radical (unpaired) electrons. The van der Waals surface area contributed by atoms with Gasteiger partial charge in [-0.15, -0.1) is 0 Å². The summed E-state index contributed by atoms with van der Waals surface area (Å²) in [7, 11) is 0. The molecule has 1 rings (SSSR count). The van der Waals surface area contributed by atoms with Crippen LogP contribution in [0.1, 0.15) is 11.5 Å². The maximum absolute atomic E-state index is 8.52. The van der Waals surface area contributed by atoms with Gasteiger partial charge in [-0.3, -0.25) is 0 Å². The Morgan fingerprint density at radius 1 is 1.78 bits per heavy atom. The molecule has 0 atom stereocenters. The lowest BCUT2D eigenvalue weighted by atomic mass is 10.4. The molecule has 47 valence electrons. The Morgan fingerprint density at radius 3 is 3.00 bits per heavy atom. The van der Waals surface area contributed by atoms with E-state index in [1.165, 1.54) is 0 Å². The number of aliphatic hydroxyl groups is 1. The van der Waals surface area contributed by atoms with Gasteiger partial charge in [-0.25, -0.2) is 9.97 Å². The molecular formula is C6H7N2O. The van der Waals surface area contributed by atoms with Gasteiger partial charge in [0.1, 0.15) is 6.61 Å². The van der Waals surface area contributed by atoms with Crippen LogP contribution in [-0.2, 0) is 6.61 Å². The Kier molecular flexibility index (Phi) is 1.75. The van der Waals surface area contributed by atoms with Crippen molar-refractivity contribution in [2.24, 2.45) is 0 Å².